The number of carboxylic acids is 1. The van der Waals surface area contributed by atoms with E-state index < -0.39 is 5.97 Å². The van der Waals surface area contributed by atoms with E-state index in [1.54, 1.807) is 35.8 Å². The largest absolute Gasteiger partial charge is 0.481 e. The number of carbonyl (C=O) groups excluding carboxylic acids is 1. The van der Waals surface area contributed by atoms with Gasteiger partial charge in [-0.05, 0) is 18.6 Å². The zero-order valence-corrected chi connectivity index (χ0v) is 12.1. The van der Waals surface area contributed by atoms with Crippen LogP contribution >= 0.6 is 0 Å². The molecule has 116 valence electrons. The number of rotatable bonds is 8. The van der Waals surface area contributed by atoms with Gasteiger partial charge in [0.05, 0.1) is 18.3 Å². The van der Waals surface area contributed by atoms with Gasteiger partial charge in [0.1, 0.15) is 0 Å². The summed E-state index contributed by atoms with van der Waals surface area (Å²) in [6, 6.07) is 3.37. The van der Waals surface area contributed by atoms with Gasteiger partial charge >= 0.3 is 5.97 Å². The number of aryl methyl sites for hydroxylation is 1. The molecule has 2 rings (SSSR count). The minimum absolute atomic E-state index is 0.0723. The molecule has 0 radical (unpaired) electrons. The summed E-state index contributed by atoms with van der Waals surface area (Å²) in [6.07, 6.45) is 9.00. The molecule has 22 heavy (non-hydrogen) atoms. The average Bonchev–Trinajstić information content (AvgIpc) is 3.04. The molecule has 2 aromatic rings. The van der Waals surface area contributed by atoms with E-state index in [9.17, 15) is 9.59 Å². The normalized spacial score (nSPS) is 10.4. The molecule has 0 fully saturated rings. The van der Waals surface area contributed by atoms with E-state index in [-0.39, 0.29) is 18.9 Å². The van der Waals surface area contributed by atoms with Gasteiger partial charge in [-0.3, -0.25) is 14.6 Å². The van der Waals surface area contributed by atoms with Gasteiger partial charge in [-0.25, -0.2) is 4.98 Å². The first kappa shape index (κ1) is 15.7. The first-order valence-corrected chi connectivity index (χ1v) is 7.03. The van der Waals surface area contributed by atoms with Crippen molar-refractivity contribution in [2.75, 3.05) is 13.1 Å². The smallest absolute Gasteiger partial charge is 0.305 e. The van der Waals surface area contributed by atoms with Crippen LogP contribution in [0.5, 0.6) is 0 Å². The summed E-state index contributed by atoms with van der Waals surface area (Å²) < 4.78 is 1.92. The van der Waals surface area contributed by atoms with Crippen molar-refractivity contribution in [3.05, 3.63) is 48.8 Å². The molecule has 0 spiro atoms. The second kappa shape index (κ2) is 7.92. The topological polar surface area (TPSA) is 88.3 Å². The molecule has 7 heteroatoms. The molecule has 1 amide bonds. The van der Waals surface area contributed by atoms with Crippen LogP contribution in [-0.2, 0) is 11.3 Å². The van der Waals surface area contributed by atoms with Crippen LogP contribution in [0.2, 0.25) is 0 Å². The van der Waals surface area contributed by atoms with Crippen LogP contribution < -0.4 is 0 Å². The van der Waals surface area contributed by atoms with Crippen molar-refractivity contribution in [1.29, 1.82) is 0 Å². The van der Waals surface area contributed by atoms with Crippen molar-refractivity contribution < 1.29 is 14.7 Å². The van der Waals surface area contributed by atoms with Crippen molar-refractivity contribution in [2.45, 2.75) is 19.4 Å². The summed E-state index contributed by atoms with van der Waals surface area (Å²) in [5.41, 5.74) is 0.468. The summed E-state index contributed by atoms with van der Waals surface area (Å²) in [4.78, 5) is 32.6. The third kappa shape index (κ3) is 4.69. The summed E-state index contributed by atoms with van der Waals surface area (Å²) in [5, 5.41) is 8.83. The summed E-state index contributed by atoms with van der Waals surface area (Å²) >= 11 is 0. The second-order valence-corrected chi connectivity index (χ2v) is 4.83. The number of hydrogen-bond acceptors (Lipinski definition) is 4. The van der Waals surface area contributed by atoms with Gasteiger partial charge in [-0.2, -0.15) is 0 Å². The molecule has 0 aliphatic carbocycles. The van der Waals surface area contributed by atoms with E-state index in [2.05, 4.69) is 9.97 Å². The minimum atomic E-state index is -0.918. The molecule has 0 saturated heterocycles. The Labute approximate surface area is 128 Å². The van der Waals surface area contributed by atoms with E-state index >= 15 is 0 Å². The van der Waals surface area contributed by atoms with Gasteiger partial charge in [0.15, 0.2) is 0 Å². The van der Waals surface area contributed by atoms with Crippen molar-refractivity contribution in [3.8, 4) is 0 Å². The lowest BCUT2D eigenvalue weighted by Gasteiger charge is -2.22. The first-order valence-electron chi connectivity index (χ1n) is 7.03. The lowest BCUT2D eigenvalue weighted by molar-refractivity contribution is -0.137. The Morgan fingerprint density at radius 3 is 2.73 bits per heavy atom. The zero-order valence-electron chi connectivity index (χ0n) is 12.1. The minimum Gasteiger partial charge on any atom is -0.481 e. The molecular formula is C15H18N4O3. The standard InChI is InChI=1S/C15H18N4O3/c20-14(21)4-9-19(8-2-7-18-10-6-17-12-18)15(22)13-3-1-5-16-11-13/h1,3,5-6,10-12H,2,4,7-9H2,(H,20,21). The number of nitrogens with zero attached hydrogens (tertiary/aromatic N) is 4. The molecule has 0 atom stereocenters. The van der Waals surface area contributed by atoms with Crippen LogP contribution in [0, 0.1) is 0 Å². The number of carboxylic acid groups (broad SMARTS) is 1. The van der Waals surface area contributed by atoms with Gasteiger partial charge < -0.3 is 14.6 Å². The number of carbonyl (C=O) groups is 2. The van der Waals surface area contributed by atoms with Crippen LogP contribution in [0.1, 0.15) is 23.2 Å². The summed E-state index contributed by atoms with van der Waals surface area (Å²) in [6.45, 7) is 1.40. The highest BCUT2D eigenvalue weighted by Gasteiger charge is 2.16. The molecule has 0 aromatic carbocycles. The maximum absolute atomic E-state index is 12.4. The van der Waals surface area contributed by atoms with Gasteiger partial charge in [0.2, 0.25) is 0 Å². The van der Waals surface area contributed by atoms with E-state index in [0.717, 1.165) is 13.0 Å². The van der Waals surface area contributed by atoms with Crippen molar-refractivity contribution in [2.24, 2.45) is 0 Å². The number of hydrogen-bond donors (Lipinski definition) is 1. The maximum atomic E-state index is 12.4. The summed E-state index contributed by atoms with van der Waals surface area (Å²) in [5.74, 6) is -1.11. The number of amides is 1. The van der Waals surface area contributed by atoms with Crippen LogP contribution in [0.15, 0.2) is 43.2 Å². The SMILES string of the molecule is O=C(O)CCN(CCCn1ccnc1)C(=O)c1cccnc1. The molecule has 7 nitrogen and oxygen atoms in total. The van der Waals surface area contributed by atoms with Crippen LogP contribution in [0.3, 0.4) is 0 Å². The number of aliphatic carboxylic acids is 1. The highest BCUT2D eigenvalue weighted by Crippen LogP contribution is 2.06. The fourth-order valence-electron chi connectivity index (χ4n) is 2.08. The van der Waals surface area contributed by atoms with Crippen LogP contribution in [0.25, 0.3) is 0 Å². The lowest BCUT2D eigenvalue weighted by Crippen LogP contribution is -2.34. The average molecular weight is 302 g/mol. The molecule has 2 heterocycles. The van der Waals surface area contributed by atoms with Crippen LogP contribution in [0.4, 0.5) is 0 Å². The van der Waals surface area contributed by atoms with Crippen LogP contribution in [-0.4, -0.2) is 49.5 Å². The highest BCUT2D eigenvalue weighted by atomic mass is 16.4. The quantitative estimate of drug-likeness (QED) is 0.793. The highest BCUT2D eigenvalue weighted by molar-refractivity contribution is 5.94. The molecule has 0 aliphatic heterocycles. The number of aromatic nitrogens is 3. The fourth-order valence-corrected chi connectivity index (χ4v) is 2.08. The van der Waals surface area contributed by atoms with E-state index in [1.165, 1.54) is 6.20 Å². The lowest BCUT2D eigenvalue weighted by atomic mass is 10.2. The number of imidazole rings is 1. The Kier molecular flexibility index (Phi) is 5.65. The molecule has 0 aliphatic rings. The van der Waals surface area contributed by atoms with Gasteiger partial charge in [-0.15, -0.1) is 0 Å². The predicted molar refractivity (Wildman–Crippen MR) is 79.2 cm³/mol. The van der Waals surface area contributed by atoms with E-state index in [4.69, 9.17) is 5.11 Å². The van der Waals surface area contributed by atoms with Crippen molar-refractivity contribution in [3.63, 3.8) is 0 Å². The third-order valence-corrected chi connectivity index (χ3v) is 3.19. The molecule has 1 N–H and O–H groups in total. The van der Waals surface area contributed by atoms with E-state index in [0.29, 0.717) is 12.1 Å². The molecule has 0 bridgehead atoms. The van der Waals surface area contributed by atoms with Crippen molar-refractivity contribution in [1.82, 2.24) is 19.4 Å². The molecule has 0 saturated carbocycles. The van der Waals surface area contributed by atoms with Gasteiger partial charge in [0, 0.05) is 44.4 Å². The molecular weight excluding hydrogens is 284 g/mol. The Morgan fingerprint density at radius 1 is 1.23 bits per heavy atom. The van der Waals surface area contributed by atoms with Gasteiger partial charge in [0.25, 0.3) is 5.91 Å². The number of pyridine rings is 1. The second-order valence-electron chi connectivity index (χ2n) is 4.83. The van der Waals surface area contributed by atoms with Crippen molar-refractivity contribution >= 4 is 11.9 Å². The van der Waals surface area contributed by atoms with Gasteiger partial charge in [-0.1, -0.05) is 0 Å². The predicted octanol–water partition coefficient (Wildman–Crippen LogP) is 1.29. The zero-order chi connectivity index (χ0) is 15.8. The Hall–Kier alpha value is -2.70. The third-order valence-electron chi connectivity index (χ3n) is 3.19. The Morgan fingerprint density at radius 2 is 2.09 bits per heavy atom. The maximum Gasteiger partial charge on any atom is 0.305 e. The summed E-state index contributed by atoms with van der Waals surface area (Å²) in [7, 11) is 0. The Balaban J connectivity index is 1.95. The molecule has 0 unspecified atom stereocenters. The first-order chi connectivity index (χ1) is 10.7. The molecule has 2 aromatic heterocycles. The van der Waals surface area contributed by atoms with E-state index in [1.807, 2.05) is 10.8 Å². The monoisotopic (exact) mass is 302 g/mol. The fraction of sp³-hybridized carbons (Fsp3) is 0.333. The Bertz CT molecular complexity index is 599.